The van der Waals surface area contributed by atoms with Crippen LogP contribution in [-0.4, -0.2) is 38.0 Å². The van der Waals surface area contributed by atoms with Gasteiger partial charge in [-0.15, -0.1) is 0 Å². The number of hydrogen-bond acceptors (Lipinski definition) is 3. The van der Waals surface area contributed by atoms with Gasteiger partial charge in [0.25, 0.3) is 0 Å². The molecule has 4 nitrogen and oxygen atoms in total. The first-order chi connectivity index (χ1) is 4.77. The number of hydrogen-bond donors (Lipinski definition) is 1. The molecule has 0 heterocycles. The first-order valence-corrected chi connectivity index (χ1v) is 3.06. The molecule has 0 saturated heterocycles. The molecular formula is C6H15O4P. The van der Waals surface area contributed by atoms with Crippen LogP contribution < -0.4 is 0 Å². The maximum absolute atomic E-state index is 9.92. The highest BCUT2D eigenvalue weighted by atomic mass is 31.0. The molecule has 0 spiro atoms. The van der Waals surface area contributed by atoms with Crippen molar-refractivity contribution in [2.45, 2.75) is 6.42 Å². The van der Waals surface area contributed by atoms with E-state index in [1.54, 1.807) is 7.11 Å². The summed E-state index contributed by atoms with van der Waals surface area (Å²) >= 11 is 0. The molecule has 0 aliphatic rings. The fourth-order valence-electron chi connectivity index (χ4n) is 0.404. The zero-order valence-electron chi connectivity index (χ0n) is 6.71. The second-order valence-corrected chi connectivity index (χ2v) is 1.75. The largest absolute Gasteiger partial charge is 0.481 e. The lowest BCUT2D eigenvalue weighted by Crippen LogP contribution is -2.06. The molecule has 1 unspecified atom stereocenters. The van der Waals surface area contributed by atoms with E-state index in [0.717, 1.165) is 0 Å². The Morgan fingerprint density at radius 2 is 2.00 bits per heavy atom. The molecule has 0 amide bonds. The monoisotopic (exact) mass is 182 g/mol. The summed E-state index contributed by atoms with van der Waals surface area (Å²) in [5.41, 5.74) is 0. The molecule has 0 aromatic carbocycles. The van der Waals surface area contributed by atoms with Gasteiger partial charge in [0.15, 0.2) is 0 Å². The van der Waals surface area contributed by atoms with Gasteiger partial charge in [0, 0.05) is 7.11 Å². The zero-order chi connectivity index (χ0) is 7.82. The minimum absolute atomic E-state index is 0. The minimum Gasteiger partial charge on any atom is -0.481 e. The molecule has 5 heteroatoms. The smallest absolute Gasteiger partial charge is 0.305 e. The van der Waals surface area contributed by atoms with Crippen LogP contribution >= 0.6 is 9.90 Å². The highest BCUT2D eigenvalue weighted by molar-refractivity contribution is 6.92. The van der Waals surface area contributed by atoms with E-state index in [4.69, 9.17) is 9.84 Å². The summed E-state index contributed by atoms with van der Waals surface area (Å²) in [5.74, 6) is -0.836. The molecule has 0 aromatic rings. The molecule has 0 aliphatic carbocycles. The van der Waals surface area contributed by atoms with Crippen molar-refractivity contribution in [2.75, 3.05) is 26.9 Å². The lowest BCUT2D eigenvalue weighted by Gasteiger charge is -1.99. The van der Waals surface area contributed by atoms with Gasteiger partial charge in [0.2, 0.25) is 0 Å². The second-order valence-electron chi connectivity index (χ2n) is 1.75. The molecule has 0 radical (unpaired) electrons. The standard InChI is InChI=1S/C6H12O4.H3P/c1-9-4-5-10-3-2-6(7)8;/h2-5H2,1H3,(H,7,8);1H3. The average molecular weight is 182 g/mol. The van der Waals surface area contributed by atoms with Crippen molar-refractivity contribution in [3.63, 3.8) is 0 Å². The molecule has 0 aromatic heterocycles. The number of ether oxygens (including phenoxy) is 2. The number of methoxy groups -OCH3 is 1. The van der Waals surface area contributed by atoms with E-state index in [-0.39, 0.29) is 22.9 Å². The number of carboxylic acids is 1. The molecule has 11 heavy (non-hydrogen) atoms. The van der Waals surface area contributed by atoms with Crippen molar-refractivity contribution in [1.29, 1.82) is 0 Å². The van der Waals surface area contributed by atoms with Crippen LogP contribution in [0.2, 0.25) is 0 Å². The maximum Gasteiger partial charge on any atom is 0.305 e. The van der Waals surface area contributed by atoms with Crippen LogP contribution in [0.25, 0.3) is 0 Å². The Labute approximate surface area is 69.5 Å². The Balaban J connectivity index is 0. The molecule has 0 rings (SSSR count). The van der Waals surface area contributed by atoms with E-state index in [1.807, 2.05) is 0 Å². The average Bonchev–Trinajstić information content (AvgIpc) is 1.87. The van der Waals surface area contributed by atoms with Gasteiger partial charge in [0.05, 0.1) is 26.2 Å². The van der Waals surface area contributed by atoms with Crippen molar-refractivity contribution < 1.29 is 19.4 Å². The van der Waals surface area contributed by atoms with Crippen LogP contribution in [-0.2, 0) is 14.3 Å². The normalized spacial score (nSPS) is 8.82. The van der Waals surface area contributed by atoms with Gasteiger partial charge in [0.1, 0.15) is 0 Å². The predicted molar refractivity (Wildman–Crippen MR) is 46.1 cm³/mol. The molecule has 68 valence electrons. The summed E-state index contributed by atoms with van der Waals surface area (Å²) in [4.78, 5) is 9.92. The molecule has 0 aliphatic heterocycles. The van der Waals surface area contributed by atoms with Crippen molar-refractivity contribution in [1.82, 2.24) is 0 Å². The van der Waals surface area contributed by atoms with Gasteiger partial charge < -0.3 is 14.6 Å². The third-order valence-corrected chi connectivity index (χ3v) is 0.892. The van der Waals surface area contributed by atoms with Gasteiger partial charge in [-0.3, -0.25) is 4.79 Å². The van der Waals surface area contributed by atoms with Crippen LogP contribution in [0.1, 0.15) is 6.42 Å². The van der Waals surface area contributed by atoms with Gasteiger partial charge in [-0.05, 0) is 0 Å². The third kappa shape index (κ3) is 12.9. The summed E-state index contributed by atoms with van der Waals surface area (Å²) in [6.07, 6.45) is 0.0592. The minimum atomic E-state index is -0.836. The van der Waals surface area contributed by atoms with E-state index in [1.165, 1.54) is 0 Å². The Bertz CT molecular complexity index is 96.6. The van der Waals surface area contributed by atoms with Crippen LogP contribution in [0.5, 0.6) is 0 Å². The van der Waals surface area contributed by atoms with E-state index < -0.39 is 5.97 Å². The van der Waals surface area contributed by atoms with Crippen LogP contribution in [0.4, 0.5) is 0 Å². The van der Waals surface area contributed by atoms with Crippen molar-refractivity contribution >= 4 is 15.9 Å². The summed E-state index contributed by atoms with van der Waals surface area (Å²) in [7, 11) is 1.57. The Kier molecular flexibility index (Phi) is 12.0. The topological polar surface area (TPSA) is 55.8 Å². The Morgan fingerprint density at radius 1 is 1.36 bits per heavy atom. The predicted octanol–water partition coefficient (Wildman–Crippen LogP) is 0.182. The molecule has 1 N–H and O–H groups in total. The molecule has 1 atom stereocenters. The lowest BCUT2D eigenvalue weighted by atomic mass is 10.5. The third-order valence-electron chi connectivity index (χ3n) is 0.892. The summed E-state index contributed by atoms with van der Waals surface area (Å²) in [5, 5.41) is 8.16. The molecule has 0 bridgehead atoms. The lowest BCUT2D eigenvalue weighted by molar-refractivity contribution is -0.138. The first kappa shape index (κ1) is 13.4. The van der Waals surface area contributed by atoms with Crippen molar-refractivity contribution in [3.8, 4) is 0 Å². The summed E-state index contributed by atoms with van der Waals surface area (Å²) < 4.78 is 9.56. The fraction of sp³-hybridized carbons (Fsp3) is 0.833. The quantitative estimate of drug-likeness (QED) is 0.470. The molecule has 0 saturated carbocycles. The molecular weight excluding hydrogens is 167 g/mol. The highest BCUT2D eigenvalue weighted by Gasteiger charge is 1.94. The zero-order valence-corrected chi connectivity index (χ0v) is 8.12. The fourth-order valence-corrected chi connectivity index (χ4v) is 0.404. The first-order valence-electron chi connectivity index (χ1n) is 3.06. The maximum atomic E-state index is 9.92. The Hall–Kier alpha value is -0.180. The van der Waals surface area contributed by atoms with Gasteiger partial charge in [-0.1, -0.05) is 0 Å². The van der Waals surface area contributed by atoms with Gasteiger partial charge in [-0.2, -0.15) is 9.90 Å². The van der Waals surface area contributed by atoms with Gasteiger partial charge >= 0.3 is 5.97 Å². The van der Waals surface area contributed by atoms with Crippen LogP contribution in [0.3, 0.4) is 0 Å². The van der Waals surface area contributed by atoms with E-state index >= 15 is 0 Å². The van der Waals surface area contributed by atoms with E-state index in [2.05, 4.69) is 4.74 Å². The summed E-state index contributed by atoms with van der Waals surface area (Å²) in [6, 6.07) is 0. The number of carboxylic acid groups (broad SMARTS) is 1. The van der Waals surface area contributed by atoms with Crippen LogP contribution in [0, 0.1) is 0 Å². The number of aliphatic carboxylic acids is 1. The van der Waals surface area contributed by atoms with E-state index in [0.29, 0.717) is 13.2 Å². The SMILES string of the molecule is COCCOCCC(=O)O.P. The van der Waals surface area contributed by atoms with Crippen molar-refractivity contribution in [3.05, 3.63) is 0 Å². The number of carbonyl (C=O) groups is 1. The molecule has 0 fully saturated rings. The van der Waals surface area contributed by atoms with Crippen molar-refractivity contribution in [2.24, 2.45) is 0 Å². The Morgan fingerprint density at radius 3 is 2.45 bits per heavy atom. The van der Waals surface area contributed by atoms with Gasteiger partial charge in [-0.25, -0.2) is 0 Å². The number of rotatable bonds is 6. The van der Waals surface area contributed by atoms with E-state index in [9.17, 15) is 4.79 Å². The van der Waals surface area contributed by atoms with Crippen LogP contribution in [0.15, 0.2) is 0 Å². The second kappa shape index (κ2) is 9.82. The highest BCUT2D eigenvalue weighted by Crippen LogP contribution is 1.81. The summed E-state index contributed by atoms with van der Waals surface area (Å²) in [6.45, 7) is 1.24.